The van der Waals surface area contributed by atoms with E-state index in [1.807, 2.05) is 0 Å². The normalized spacial score (nSPS) is 11.8. The second-order valence-electron chi connectivity index (χ2n) is 5.91. The molecule has 0 unspecified atom stereocenters. The maximum atomic E-state index is 2.41. The van der Waals surface area contributed by atoms with Crippen molar-refractivity contribution in [1.82, 2.24) is 0 Å². The molecule has 0 atom stereocenters. The van der Waals surface area contributed by atoms with Gasteiger partial charge >= 0.3 is 0 Å². The molecular formula is C18H23NSi. The number of rotatable bonds is 4. The summed E-state index contributed by atoms with van der Waals surface area (Å²) < 4.78 is 0. The Morgan fingerprint density at radius 1 is 0.900 bits per heavy atom. The lowest BCUT2D eigenvalue weighted by atomic mass is 10.2. The summed E-state index contributed by atoms with van der Waals surface area (Å²) >= 11 is 0. The van der Waals surface area contributed by atoms with Crippen LogP contribution >= 0.6 is 0 Å². The van der Waals surface area contributed by atoms with Gasteiger partial charge in [-0.3, -0.25) is 0 Å². The zero-order valence-electron chi connectivity index (χ0n) is 12.8. The fourth-order valence-corrected chi connectivity index (χ4v) is 4.00. The maximum Gasteiger partial charge on any atom is 0.104 e. The lowest BCUT2D eigenvalue weighted by molar-refractivity contribution is 1.13. The van der Waals surface area contributed by atoms with E-state index in [0.29, 0.717) is 0 Å². The molecule has 1 nitrogen and oxygen atoms in total. The molecule has 2 aromatic carbocycles. The van der Waals surface area contributed by atoms with E-state index >= 15 is 0 Å². The van der Waals surface area contributed by atoms with Crippen LogP contribution in [0.4, 0.5) is 5.69 Å². The van der Waals surface area contributed by atoms with Crippen LogP contribution < -0.4 is 10.1 Å². The van der Waals surface area contributed by atoms with Gasteiger partial charge in [0.1, 0.15) is 8.07 Å². The number of anilines is 1. The van der Waals surface area contributed by atoms with Gasteiger partial charge in [0.2, 0.25) is 0 Å². The van der Waals surface area contributed by atoms with Gasteiger partial charge in [-0.1, -0.05) is 72.5 Å². The molecule has 0 aliphatic carbocycles. The Morgan fingerprint density at radius 3 is 2.25 bits per heavy atom. The third-order valence-electron chi connectivity index (χ3n) is 3.60. The number of hydrogen-bond acceptors (Lipinski definition) is 1. The average Bonchev–Trinajstić information content (AvgIpc) is 2.46. The van der Waals surface area contributed by atoms with Gasteiger partial charge in [-0.25, -0.2) is 0 Å². The highest BCUT2D eigenvalue weighted by atomic mass is 28.3. The Bertz CT molecular complexity index is 585. The molecule has 0 saturated heterocycles. The van der Waals surface area contributed by atoms with Crippen LogP contribution in [0.15, 0.2) is 60.3 Å². The summed E-state index contributed by atoms with van der Waals surface area (Å²) in [6, 6.07) is 19.4. The van der Waals surface area contributed by atoms with Crippen molar-refractivity contribution in [1.29, 1.82) is 0 Å². The van der Waals surface area contributed by atoms with Crippen LogP contribution in [0.2, 0.25) is 13.1 Å². The van der Waals surface area contributed by atoms with E-state index in [1.165, 1.54) is 16.4 Å². The summed E-state index contributed by atoms with van der Waals surface area (Å²) in [6.45, 7) is 4.78. The SMILES string of the molecule is CN(C)c1cccc([Si](C)(C)/C=C/c2ccccc2)c1. The second-order valence-corrected chi connectivity index (χ2v) is 10.3. The van der Waals surface area contributed by atoms with Gasteiger partial charge in [-0.2, -0.15) is 0 Å². The first kappa shape index (κ1) is 14.6. The smallest absolute Gasteiger partial charge is 0.104 e. The van der Waals surface area contributed by atoms with Gasteiger partial charge < -0.3 is 4.90 Å². The summed E-state index contributed by atoms with van der Waals surface area (Å²) in [5.74, 6) is 0. The fourth-order valence-electron chi connectivity index (χ4n) is 2.15. The molecule has 20 heavy (non-hydrogen) atoms. The molecule has 0 bridgehead atoms. The van der Waals surface area contributed by atoms with Crippen LogP contribution in [-0.2, 0) is 0 Å². The van der Waals surface area contributed by atoms with Crippen molar-refractivity contribution in [3.63, 3.8) is 0 Å². The minimum atomic E-state index is -1.55. The molecule has 2 rings (SSSR count). The molecule has 0 heterocycles. The first-order valence-corrected chi connectivity index (χ1v) is 10.1. The van der Waals surface area contributed by atoms with Gasteiger partial charge in [0, 0.05) is 19.8 Å². The lowest BCUT2D eigenvalue weighted by Gasteiger charge is -2.21. The Balaban J connectivity index is 2.26. The van der Waals surface area contributed by atoms with Crippen molar-refractivity contribution in [2.75, 3.05) is 19.0 Å². The van der Waals surface area contributed by atoms with Crippen molar-refractivity contribution in [3.05, 3.63) is 65.9 Å². The van der Waals surface area contributed by atoms with E-state index in [-0.39, 0.29) is 0 Å². The molecule has 0 radical (unpaired) electrons. The van der Waals surface area contributed by atoms with E-state index in [9.17, 15) is 0 Å². The molecule has 2 aromatic rings. The Morgan fingerprint density at radius 2 is 1.60 bits per heavy atom. The fraction of sp³-hybridized carbons (Fsp3) is 0.222. The van der Waals surface area contributed by atoms with Crippen LogP contribution in [0.5, 0.6) is 0 Å². The molecule has 0 N–H and O–H groups in total. The highest BCUT2D eigenvalue weighted by Crippen LogP contribution is 2.14. The maximum absolute atomic E-state index is 2.41. The highest BCUT2D eigenvalue weighted by Gasteiger charge is 2.20. The summed E-state index contributed by atoms with van der Waals surface area (Å²) in [4.78, 5) is 2.16. The van der Waals surface area contributed by atoms with E-state index in [0.717, 1.165) is 0 Å². The zero-order chi connectivity index (χ0) is 14.6. The summed E-state index contributed by atoms with van der Waals surface area (Å²) in [5, 5.41) is 1.47. The standard InChI is InChI=1S/C18H23NSi/c1-19(2)17-11-8-12-18(15-17)20(3,4)14-13-16-9-6-5-7-10-16/h5-15H,1-4H3/b14-13+. The quantitative estimate of drug-likeness (QED) is 0.768. The van der Waals surface area contributed by atoms with Gasteiger partial charge in [-0.05, 0) is 17.7 Å². The summed E-state index contributed by atoms with van der Waals surface area (Å²) in [5.41, 5.74) is 4.96. The first-order valence-electron chi connectivity index (χ1n) is 7.01. The third kappa shape index (κ3) is 3.61. The third-order valence-corrected chi connectivity index (χ3v) is 6.40. The molecule has 104 valence electrons. The van der Waals surface area contributed by atoms with E-state index in [4.69, 9.17) is 0 Å². The topological polar surface area (TPSA) is 3.24 Å². The highest BCUT2D eigenvalue weighted by molar-refractivity contribution is 6.94. The Hall–Kier alpha value is -1.80. The van der Waals surface area contributed by atoms with Gasteiger partial charge in [-0.15, -0.1) is 0 Å². The van der Waals surface area contributed by atoms with Gasteiger partial charge in [0.05, 0.1) is 0 Å². The predicted octanol–water partition coefficient (Wildman–Crippen LogP) is 3.92. The van der Waals surface area contributed by atoms with Crippen LogP contribution in [0, 0.1) is 0 Å². The van der Waals surface area contributed by atoms with E-state index in [1.54, 1.807) is 0 Å². The molecular weight excluding hydrogens is 258 g/mol. The average molecular weight is 281 g/mol. The lowest BCUT2D eigenvalue weighted by Crippen LogP contribution is -2.39. The number of benzene rings is 2. The van der Waals surface area contributed by atoms with Crippen molar-refractivity contribution in [2.24, 2.45) is 0 Å². The first-order chi connectivity index (χ1) is 9.49. The molecule has 0 fully saturated rings. The number of hydrogen-bond donors (Lipinski definition) is 0. The molecule has 0 amide bonds. The van der Waals surface area contributed by atoms with E-state index < -0.39 is 8.07 Å². The molecule has 0 aliphatic heterocycles. The summed E-state index contributed by atoms with van der Waals surface area (Å²) in [6.07, 6.45) is 2.26. The Kier molecular flexibility index (Phi) is 4.45. The summed E-state index contributed by atoms with van der Waals surface area (Å²) in [7, 11) is 2.63. The second kappa shape index (κ2) is 6.10. The Labute approximate surface area is 123 Å². The molecule has 2 heteroatoms. The van der Waals surface area contributed by atoms with Crippen LogP contribution in [0.1, 0.15) is 5.56 Å². The minimum Gasteiger partial charge on any atom is -0.378 e. The molecule has 0 spiro atoms. The number of nitrogens with zero attached hydrogens (tertiary/aromatic N) is 1. The van der Waals surface area contributed by atoms with Crippen LogP contribution in [0.3, 0.4) is 0 Å². The van der Waals surface area contributed by atoms with Crippen molar-refractivity contribution in [3.8, 4) is 0 Å². The minimum absolute atomic E-state index is 1.27. The molecule has 0 aromatic heterocycles. The van der Waals surface area contributed by atoms with Crippen LogP contribution in [0.25, 0.3) is 6.08 Å². The van der Waals surface area contributed by atoms with Crippen molar-refractivity contribution in [2.45, 2.75) is 13.1 Å². The monoisotopic (exact) mass is 281 g/mol. The van der Waals surface area contributed by atoms with Gasteiger partial charge in [0.15, 0.2) is 0 Å². The van der Waals surface area contributed by atoms with Crippen LogP contribution in [-0.4, -0.2) is 22.2 Å². The molecule has 0 saturated carbocycles. The van der Waals surface area contributed by atoms with E-state index in [2.05, 4.69) is 98.5 Å². The van der Waals surface area contributed by atoms with Crippen molar-refractivity contribution < 1.29 is 0 Å². The van der Waals surface area contributed by atoms with Gasteiger partial charge in [0.25, 0.3) is 0 Å². The zero-order valence-corrected chi connectivity index (χ0v) is 13.8. The van der Waals surface area contributed by atoms with Crippen molar-refractivity contribution >= 4 is 25.0 Å². The predicted molar refractivity (Wildman–Crippen MR) is 93.4 cm³/mol. The molecule has 0 aliphatic rings. The largest absolute Gasteiger partial charge is 0.378 e.